The van der Waals surface area contributed by atoms with Crippen molar-refractivity contribution in [3.8, 4) is 5.88 Å². The number of aromatic nitrogens is 2. The number of rotatable bonds is 7. The van der Waals surface area contributed by atoms with Crippen molar-refractivity contribution in [3.05, 3.63) is 40.0 Å². The Bertz CT molecular complexity index is 1170. The number of nitrogens with zero attached hydrogens (tertiary/aromatic N) is 3. The van der Waals surface area contributed by atoms with Crippen LogP contribution in [0.1, 0.15) is 47.3 Å². The highest BCUT2D eigenvalue weighted by atomic mass is 35.5. The molecule has 0 spiro atoms. The van der Waals surface area contributed by atoms with Crippen LogP contribution in [0, 0.1) is 12.8 Å². The number of esters is 1. The van der Waals surface area contributed by atoms with E-state index in [9.17, 15) is 18.0 Å². The number of benzene rings is 1. The zero-order valence-electron chi connectivity index (χ0n) is 17.6. The third-order valence-corrected chi connectivity index (χ3v) is 7.11. The highest BCUT2D eigenvalue weighted by Gasteiger charge is 2.41. The Hall–Kier alpha value is -2.39. The lowest BCUT2D eigenvalue weighted by Gasteiger charge is -2.25. The fraction of sp³-hybridized carbons (Fsp3) is 0.476. The van der Waals surface area contributed by atoms with Crippen molar-refractivity contribution in [1.82, 2.24) is 14.7 Å². The molecular formula is C21H24ClN3O5S. The van der Waals surface area contributed by atoms with Crippen molar-refractivity contribution in [2.45, 2.75) is 50.1 Å². The first-order valence-corrected chi connectivity index (χ1v) is 12.4. The van der Waals surface area contributed by atoms with Crippen LogP contribution in [-0.4, -0.2) is 47.3 Å². The van der Waals surface area contributed by atoms with E-state index >= 15 is 0 Å². The average molecular weight is 466 g/mol. The normalized spacial score (nSPS) is 16.3. The fourth-order valence-corrected chi connectivity index (χ4v) is 4.88. The van der Waals surface area contributed by atoms with Gasteiger partial charge in [0.2, 0.25) is 11.8 Å². The third kappa shape index (κ3) is 4.62. The van der Waals surface area contributed by atoms with Gasteiger partial charge in [-0.15, -0.1) is 0 Å². The van der Waals surface area contributed by atoms with Gasteiger partial charge in [0.15, 0.2) is 9.84 Å². The van der Waals surface area contributed by atoms with E-state index in [-0.39, 0.29) is 51.3 Å². The lowest BCUT2D eigenvalue weighted by molar-refractivity contribution is -0.133. The number of hydrogen-bond acceptors (Lipinski definition) is 6. The van der Waals surface area contributed by atoms with Gasteiger partial charge < -0.3 is 9.64 Å². The summed E-state index contributed by atoms with van der Waals surface area (Å²) in [5, 5.41) is 4.12. The van der Waals surface area contributed by atoms with Crippen LogP contribution in [0.5, 0.6) is 5.88 Å². The van der Waals surface area contributed by atoms with E-state index in [1.165, 1.54) is 16.8 Å². The van der Waals surface area contributed by atoms with Crippen LogP contribution in [-0.2, 0) is 28.2 Å². The van der Waals surface area contributed by atoms with E-state index in [4.69, 9.17) is 16.3 Å². The van der Waals surface area contributed by atoms with Crippen LogP contribution >= 0.6 is 11.6 Å². The number of amides is 1. The number of halogens is 1. The SMILES string of the molecule is Cc1cc(OC(=O)c2ccc(S(C)(=O)=O)c(CN(C(=O)C3CC3)C3CC3)c2Cl)n(C)n1. The van der Waals surface area contributed by atoms with Gasteiger partial charge in [0.25, 0.3) is 0 Å². The molecule has 166 valence electrons. The molecule has 0 aliphatic heterocycles. The van der Waals surface area contributed by atoms with Crippen LogP contribution < -0.4 is 4.74 Å². The standard InChI is InChI=1S/C21H24ClN3O5S/c1-12-10-18(24(2)23-12)30-21(27)15-8-9-17(31(3,28)29)16(19(15)22)11-25(14-6-7-14)20(26)13-4-5-13/h8-10,13-14H,4-7,11H2,1-3H3. The summed E-state index contributed by atoms with van der Waals surface area (Å²) in [6.07, 6.45) is 4.55. The molecule has 8 nitrogen and oxygen atoms in total. The maximum Gasteiger partial charge on any atom is 0.346 e. The molecule has 4 rings (SSSR count). The van der Waals surface area contributed by atoms with Gasteiger partial charge in [-0.1, -0.05) is 11.6 Å². The monoisotopic (exact) mass is 465 g/mol. The lowest BCUT2D eigenvalue weighted by atomic mass is 10.1. The predicted octanol–water partition coefficient (Wildman–Crippen LogP) is 2.91. The summed E-state index contributed by atoms with van der Waals surface area (Å²) in [7, 11) is -1.99. The maximum absolute atomic E-state index is 12.8. The third-order valence-electron chi connectivity index (χ3n) is 5.50. The van der Waals surface area contributed by atoms with E-state index < -0.39 is 15.8 Å². The van der Waals surface area contributed by atoms with E-state index in [0.717, 1.165) is 31.9 Å². The number of hydrogen-bond donors (Lipinski definition) is 0. The molecule has 1 amide bonds. The summed E-state index contributed by atoms with van der Waals surface area (Å²) in [5.41, 5.74) is 0.974. The van der Waals surface area contributed by atoms with Crippen LogP contribution in [0.15, 0.2) is 23.1 Å². The maximum atomic E-state index is 12.8. The Morgan fingerprint density at radius 2 is 1.94 bits per heavy atom. The minimum atomic E-state index is -3.63. The molecule has 0 unspecified atom stereocenters. The Morgan fingerprint density at radius 1 is 1.26 bits per heavy atom. The van der Waals surface area contributed by atoms with Gasteiger partial charge in [0.05, 0.1) is 21.2 Å². The smallest absolute Gasteiger partial charge is 0.346 e. The number of sulfone groups is 1. The fourth-order valence-electron chi connectivity index (χ4n) is 3.60. The van der Waals surface area contributed by atoms with Gasteiger partial charge in [-0.25, -0.2) is 17.9 Å². The Kier molecular flexibility index (Phi) is 5.59. The van der Waals surface area contributed by atoms with Gasteiger partial charge in [-0.2, -0.15) is 5.10 Å². The van der Waals surface area contributed by atoms with Gasteiger partial charge in [-0.05, 0) is 44.7 Å². The molecule has 1 heterocycles. The molecule has 31 heavy (non-hydrogen) atoms. The molecule has 0 bridgehead atoms. The molecule has 0 atom stereocenters. The van der Waals surface area contributed by atoms with Crippen molar-refractivity contribution in [3.63, 3.8) is 0 Å². The number of aryl methyl sites for hydroxylation is 2. The highest BCUT2D eigenvalue weighted by molar-refractivity contribution is 7.90. The Morgan fingerprint density at radius 3 is 2.45 bits per heavy atom. The molecule has 2 aliphatic rings. The summed E-state index contributed by atoms with van der Waals surface area (Å²) in [4.78, 5) is 27.3. The van der Waals surface area contributed by atoms with Gasteiger partial charge in [0.1, 0.15) is 0 Å². The van der Waals surface area contributed by atoms with Crippen molar-refractivity contribution >= 4 is 33.3 Å². The van der Waals surface area contributed by atoms with Crippen molar-refractivity contribution < 1.29 is 22.7 Å². The molecule has 1 aromatic carbocycles. The molecule has 0 saturated heterocycles. The zero-order chi connectivity index (χ0) is 22.5. The minimum Gasteiger partial charge on any atom is -0.404 e. The van der Waals surface area contributed by atoms with Crippen molar-refractivity contribution in [2.75, 3.05) is 6.26 Å². The van der Waals surface area contributed by atoms with E-state index in [1.54, 1.807) is 24.9 Å². The van der Waals surface area contributed by atoms with Gasteiger partial charge in [0, 0.05) is 43.4 Å². The number of carbonyl (C=O) groups is 2. The summed E-state index contributed by atoms with van der Waals surface area (Å²) in [5.74, 6) is -0.449. The van der Waals surface area contributed by atoms with Gasteiger partial charge in [-0.3, -0.25) is 4.79 Å². The molecule has 0 radical (unpaired) electrons. The summed E-state index contributed by atoms with van der Waals surface area (Å²) in [6.45, 7) is 1.82. The first-order valence-electron chi connectivity index (χ1n) is 10.1. The zero-order valence-corrected chi connectivity index (χ0v) is 19.2. The second-order valence-electron chi connectivity index (χ2n) is 8.28. The second-order valence-corrected chi connectivity index (χ2v) is 10.6. The predicted molar refractivity (Wildman–Crippen MR) is 114 cm³/mol. The first kappa shape index (κ1) is 21.8. The van der Waals surface area contributed by atoms with Crippen LogP contribution in [0.4, 0.5) is 0 Å². The Labute approximate surface area is 186 Å². The van der Waals surface area contributed by atoms with Gasteiger partial charge >= 0.3 is 5.97 Å². The summed E-state index contributed by atoms with van der Waals surface area (Å²) >= 11 is 6.57. The molecule has 2 fully saturated rings. The number of carbonyl (C=O) groups excluding carboxylic acids is 2. The minimum absolute atomic E-state index is 0.00212. The molecular weight excluding hydrogens is 442 g/mol. The van der Waals surface area contributed by atoms with Crippen molar-refractivity contribution in [1.29, 1.82) is 0 Å². The largest absolute Gasteiger partial charge is 0.404 e. The summed E-state index contributed by atoms with van der Waals surface area (Å²) in [6, 6.07) is 4.40. The molecule has 2 aliphatic carbocycles. The molecule has 1 aromatic heterocycles. The van der Waals surface area contributed by atoms with E-state index in [0.29, 0.717) is 5.69 Å². The first-order chi connectivity index (χ1) is 14.6. The molecule has 0 N–H and O–H groups in total. The molecule has 2 saturated carbocycles. The van der Waals surface area contributed by atoms with Crippen molar-refractivity contribution in [2.24, 2.45) is 13.0 Å². The van der Waals surface area contributed by atoms with Crippen LogP contribution in [0.3, 0.4) is 0 Å². The quantitative estimate of drug-likeness (QED) is 0.583. The van der Waals surface area contributed by atoms with Crippen LogP contribution in [0.2, 0.25) is 5.02 Å². The number of ether oxygens (including phenoxy) is 1. The highest BCUT2D eigenvalue weighted by Crippen LogP contribution is 2.39. The Balaban J connectivity index is 1.70. The lowest BCUT2D eigenvalue weighted by Crippen LogP contribution is -2.34. The van der Waals surface area contributed by atoms with Crippen LogP contribution in [0.25, 0.3) is 0 Å². The average Bonchev–Trinajstić information content (AvgIpc) is 3.58. The van der Waals surface area contributed by atoms with E-state index in [2.05, 4.69) is 5.10 Å². The summed E-state index contributed by atoms with van der Waals surface area (Å²) < 4.78 is 31.7. The second kappa shape index (κ2) is 7.94. The molecule has 2 aromatic rings. The molecule has 10 heteroatoms. The van der Waals surface area contributed by atoms with E-state index in [1.807, 2.05) is 0 Å². The topological polar surface area (TPSA) is 98.6 Å².